The molecule has 1 heterocycles. The van der Waals surface area contributed by atoms with Gasteiger partial charge in [0, 0.05) is 28.9 Å². The van der Waals surface area contributed by atoms with E-state index < -0.39 is 36.0 Å². The maximum absolute atomic E-state index is 12.0. The molecular formula is C19H24IN3O8. The number of ether oxygens (including phenoxy) is 1. The van der Waals surface area contributed by atoms with E-state index in [1.54, 1.807) is 12.3 Å². The molecule has 4 N–H and O–H groups in total. The molecule has 1 rings (SSSR count). The highest BCUT2D eigenvalue weighted by atomic mass is 123. The third-order valence-corrected chi connectivity index (χ3v) is 4.69. The van der Waals surface area contributed by atoms with Crippen molar-refractivity contribution in [3.63, 3.8) is 0 Å². The molecular weight excluding hydrogens is 521 g/mol. The van der Waals surface area contributed by atoms with Gasteiger partial charge in [0.05, 0.1) is 11.6 Å². The number of halogens is 1. The quantitative estimate of drug-likeness (QED) is 0.212. The first kappa shape index (κ1) is 26.3. The Balaban J connectivity index is 2.42. The van der Waals surface area contributed by atoms with Crippen molar-refractivity contribution in [2.45, 2.75) is 51.2 Å². The normalized spacial score (nSPS) is 12.3. The number of unbranched alkanes of at least 4 members (excludes halogenated alkanes) is 1. The van der Waals surface area contributed by atoms with E-state index in [2.05, 4.69) is 15.6 Å². The average Bonchev–Trinajstić information content (AvgIpc) is 2.69. The van der Waals surface area contributed by atoms with Crippen LogP contribution in [0.2, 0.25) is 0 Å². The van der Waals surface area contributed by atoms with Crippen molar-refractivity contribution >= 4 is 52.3 Å². The van der Waals surface area contributed by atoms with E-state index in [9.17, 15) is 29.1 Å². The minimum atomic E-state index is -1.44. The van der Waals surface area contributed by atoms with Gasteiger partial charge in [-0.15, -0.1) is 0 Å². The number of ketones is 1. The number of rotatable bonds is 13. The molecule has 0 aliphatic rings. The van der Waals surface area contributed by atoms with Crippen molar-refractivity contribution in [1.29, 1.82) is 0 Å². The summed E-state index contributed by atoms with van der Waals surface area (Å²) in [4.78, 5) is 61.3. The smallest absolute Gasteiger partial charge is 0.408 e. The summed E-state index contributed by atoms with van der Waals surface area (Å²) in [6, 6.07) is 0.601. The third kappa shape index (κ3) is 10.7. The van der Waals surface area contributed by atoms with Crippen molar-refractivity contribution in [1.82, 2.24) is 15.6 Å². The number of nitrogens with zero attached hydrogens (tertiary/aromatic N) is 1. The number of aliphatic carboxylic acids is 2. The van der Waals surface area contributed by atoms with Gasteiger partial charge >= 0.3 is 18.0 Å². The Morgan fingerprint density at radius 2 is 1.84 bits per heavy atom. The number of carbonyl (C=O) groups is 5. The Labute approximate surface area is 192 Å². The number of carboxylic acid groups (broad SMARTS) is 2. The molecule has 2 atom stereocenters. The largest absolute Gasteiger partial charge is 0.481 e. The number of nitrogens with one attached hydrogen (secondary N) is 2. The number of carbonyl (C=O) groups excluding carboxylic acids is 3. The number of aromatic nitrogens is 1. The van der Waals surface area contributed by atoms with Crippen LogP contribution in [0.25, 0.3) is 0 Å². The molecule has 0 aliphatic heterocycles. The van der Waals surface area contributed by atoms with Crippen molar-refractivity contribution in [3.8, 4) is 0 Å². The van der Waals surface area contributed by atoms with Crippen molar-refractivity contribution in [2.75, 3.05) is 6.54 Å². The van der Waals surface area contributed by atoms with E-state index >= 15 is 0 Å². The van der Waals surface area contributed by atoms with Gasteiger partial charge in [0.2, 0.25) is 6.10 Å². The second-order valence-electron chi connectivity index (χ2n) is 6.62. The third-order valence-electron chi connectivity index (χ3n) is 4.10. The Kier molecular flexibility index (Phi) is 11.5. The van der Waals surface area contributed by atoms with Crippen molar-refractivity contribution in [2.24, 2.45) is 0 Å². The first-order valence-electron chi connectivity index (χ1n) is 9.41. The molecule has 0 aromatic carbocycles. The van der Waals surface area contributed by atoms with Crippen LogP contribution < -0.4 is 10.6 Å². The van der Waals surface area contributed by atoms with Crippen LogP contribution in [0.15, 0.2) is 18.5 Å². The summed E-state index contributed by atoms with van der Waals surface area (Å²) >= 11 is 2.04. The van der Waals surface area contributed by atoms with Crippen LogP contribution in [0.3, 0.4) is 0 Å². The molecule has 2 amide bonds. The van der Waals surface area contributed by atoms with Crippen LogP contribution in [-0.2, 0) is 19.1 Å². The Hall–Kier alpha value is -2.77. The molecule has 0 unspecified atom stereocenters. The molecule has 31 heavy (non-hydrogen) atoms. The molecule has 1 aromatic rings. The van der Waals surface area contributed by atoms with Gasteiger partial charge in [0.15, 0.2) is 5.78 Å². The molecule has 0 bridgehead atoms. The van der Waals surface area contributed by atoms with Gasteiger partial charge < -0.3 is 25.6 Å². The van der Waals surface area contributed by atoms with Gasteiger partial charge in [-0.2, -0.15) is 0 Å². The number of alkyl carbamates (subject to hydrolysis) is 1. The minimum Gasteiger partial charge on any atom is -0.481 e. The maximum Gasteiger partial charge on any atom is 0.408 e. The van der Waals surface area contributed by atoms with E-state index in [0.717, 1.165) is 3.57 Å². The lowest BCUT2D eigenvalue weighted by Crippen LogP contribution is -2.42. The molecule has 0 spiro atoms. The Morgan fingerprint density at radius 3 is 2.42 bits per heavy atom. The number of carboxylic acids is 2. The molecule has 12 heteroatoms. The van der Waals surface area contributed by atoms with E-state index in [4.69, 9.17) is 9.84 Å². The van der Waals surface area contributed by atoms with Crippen LogP contribution >= 0.6 is 22.6 Å². The van der Waals surface area contributed by atoms with Gasteiger partial charge in [-0.25, -0.2) is 9.59 Å². The highest BCUT2D eigenvalue weighted by Gasteiger charge is 2.25. The lowest BCUT2D eigenvalue weighted by molar-refractivity contribution is -0.147. The molecule has 1 aromatic heterocycles. The summed E-state index contributed by atoms with van der Waals surface area (Å²) in [7, 11) is 0. The van der Waals surface area contributed by atoms with Crippen LogP contribution in [0.5, 0.6) is 0 Å². The molecule has 0 saturated carbocycles. The number of pyridine rings is 1. The molecule has 0 aliphatic carbocycles. The maximum atomic E-state index is 12.0. The molecule has 0 saturated heterocycles. The summed E-state index contributed by atoms with van der Waals surface area (Å²) in [6.45, 7) is 1.48. The predicted molar refractivity (Wildman–Crippen MR) is 116 cm³/mol. The van der Waals surface area contributed by atoms with Gasteiger partial charge in [-0.05, 0) is 61.3 Å². The van der Waals surface area contributed by atoms with E-state index in [1.165, 1.54) is 13.1 Å². The SMILES string of the molecule is CC(=O)[C@H](CCC(=O)O)NC(=O)O[C@@H](CCCCNC(=O)c1cncc([123I])c1)C(=O)O. The summed E-state index contributed by atoms with van der Waals surface area (Å²) in [6.07, 6.45) is 0.837. The Morgan fingerprint density at radius 1 is 1.13 bits per heavy atom. The topological polar surface area (TPSA) is 172 Å². The second kappa shape index (κ2) is 13.5. The van der Waals surface area contributed by atoms with Crippen molar-refractivity contribution in [3.05, 3.63) is 27.6 Å². The fraction of sp³-hybridized carbons (Fsp3) is 0.474. The highest BCUT2D eigenvalue weighted by molar-refractivity contribution is 14.1. The van der Waals surface area contributed by atoms with Gasteiger partial charge in [0.1, 0.15) is 0 Å². The van der Waals surface area contributed by atoms with Crippen molar-refractivity contribution < 1.29 is 38.9 Å². The zero-order valence-corrected chi connectivity index (χ0v) is 19.0. The number of hydrogen-bond acceptors (Lipinski definition) is 7. The van der Waals surface area contributed by atoms with Crippen LogP contribution in [0.1, 0.15) is 49.4 Å². The first-order chi connectivity index (χ1) is 14.6. The summed E-state index contributed by atoms with van der Waals surface area (Å²) < 4.78 is 5.68. The fourth-order valence-corrected chi connectivity index (χ4v) is 2.97. The van der Waals surface area contributed by atoms with E-state index in [-0.39, 0.29) is 25.2 Å². The molecule has 170 valence electrons. The van der Waals surface area contributed by atoms with Gasteiger partial charge in [-0.3, -0.25) is 19.4 Å². The second-order valence-corrected chi connectivity index (χ2v) is 7.86. The highest BCUT2D eigenvalue weighted by Crippen LogP contribution is 2.08. The zero-order valence-electron chi connectivity index (χ0n) is 16.8. The number of hydrogen-bond donors (Lipinski definition) is 4. The monoisotopic (exact) mass is 545 g/mol. The summed E-state index contributed by atoms with van der Waals surface area (Å²) in [5.41, 5.74) is 0.415. The minimum absolute atomic E-state index is 0.00325. The zero-order chi connectivity index (χ0) is 23.4. The van der Waals surface area contributed by atoms with Gasteiger partial charge in [0.25, 0.3) is 5.91 Å². The fourth-order valence-electron chi connectivity index (χ4n) is 2.48. The van der Waals surface area contributed by atoms with E-state index in [1.807, 2.05) is 22.6 Å². The molecule has 0 radical (unpaired) electrons. The number of Topliss-reactive ketones (excluding diaryl/α,β-unsaturated/α-hetero) is 1. The summed E-state index contributed by atoms with van der Waals surface area (Å²) in [5.74, 6) is -3.25. The molecule has 0 fully saturated rings. The average molecular weight is 545 g/mol. The van der Waals surface area contributed by atoms with Crippen LogP contribution in [-0.4, -0.2) is 63.6 Å². The van der Waals surface area contributed by atoms with Gasteiger partial charge in [-0.1, -0.05) is 0 Å². The predicted octanol–water partition coefficient (Wildman–Crippen LogP) is 1.59. The lowest BCUT2D eigenvalue weighted by atomic mass is 10.1. The Bertz CT molecular complexity index is 817. The summed E-state index contributed by atoms with van der Waals surface area (Å²) in [5, 5.41) is 22.8. The lowest BCUT2D eigenvalue weighted by Gasteiger charge is -2.18. The van der Waals surface area contributed by atoms with E-state index in [0.29, 0.717) is 24.9 Å². The first-order valence-corrected chi connectivity index (χ1v) is 10.5. The van der Waals surface area contributed by atoms with Crippen LogP contribution in [0.4, 0.5) is 4.79 Å². The number of amides is 2. The molecule has 11 nitrogen and oxygen atoms in total. The standard InChI is InChI=1S/C19H24IN3O8/c1-11(24)14(5-6-16(25)26)23-19(30)31-15(18(28)29)4-2-3-7-22-17(27)12-8-13(20)10-21-9-12/h8-10,14-15H,2-7H2,1H3,(H,22,27)(H,23,30)(H,25,26)(H,28,29)/t14-,15-/m0/s1/i20-4. The van der Waals surface area contributed by atoms with Crippen LogP contribution in [0, 0.1) is 3.57 Å².